The molecule has 90 valence electrons. The number of carbonyl (C=O) groups is 1. The Bertz CT molecular complexity index is 530. The largest absolute Gasteiger partial charge is 0.496 e. The van der Waals surface area contributed by atoms with E-state index in [-0.39, 0.29) is 6.42 Å². The van der Waals surface area contributed by atoms with Gasteiger partial charge in [-0.05, 0) is 35.9 Å². The van der Waals surface area contributed by atoms with Gasteiger partial charge in [-0.1, -0.05) is 6.07 Å². The molecule has 0 spiro atoms. The topological polar surface area (TPSA) is 46.5 Å². The Morgan fingerprint density at radius 2 is 2.24 bits per heavy atom. The van der Waals surface area contributed by atoms with E-state index in [1.54, 1.807) is 18.4 Å². The van der Waals surface area contributed by atoms with E-state index in [1.165, 1.54) is 4.70 Å². The smallest absolute Gasteiger partial charge is 0.303 e. The summed E-state index contributed by atoms with van der Waals surface area (Å²) in [5, 5.41) is 11.8. The highest BCUT2D eigenvalue weighted by Gasteiger charge is 2.09. The number of fused-ring (bicyclic) bond motifs is 1. The Morgan fingerprint density at radius 3 is 2.94 bits per heavy atom. The van der Waals surface area contributed by atoms with Gasteiger partial charge >= 0.3 is 5.97 Å². The van der Waals surface area contributed by atoms with Crippen LogP contribution in [0.25, 0.3) is 10.1 Å². The van der Waals surface area contributed by atoms with Crippen LogP contribution in [0.15, 0.2) is 23.6 Å². The van der Waals surface area contributed by atoms with E-state index in [4.69, 9.17) is 9.84 Å². The summed E-state index contributed by atoms with van der Waals surface area (Å²) in [6.45, 7) is 0. The lowest BCUT2D eigenvalue weighted by Crippen LogP contribution is -1.97. The number of benzene rings is 1. The number of methoxy groups -OCH3 is 1. The number of ether oxygens (including phenoxy) is 1. The minimum Gasteiger partial charge on any atom is -0.496 e. The van der Waals surface area contributed by atoms with E-state index in [0.29, 0.717) is 6.42 Å². The molecule has 0 aliphatic carbocycles. The van der Waals surface area contributed by atoms with Crippen molar-refractivity contribution >= 4 is 27.4 Å². The lowest BCUT2D eigenvalue weighted by molar-refractivity contribution is -0.137. The van der Waals surface area contributed by atoms with E-state index in [1.807, 2.05) is 17.5 Å². The number of hydrogen-bond donors (Lipinski definition) is 1. The van der Waals surface area contributed by atoms with Crippen LogP contribution in [0, 0.1) is 0 Å². The zero-order valence-corrected chi connectivity index (χ0v) is 10.4. The van der Waals surface area contributed by atoms with Gasteiger partial charge in [0.1, 0.15) is 5.75 Å². The molecule has 0 bridgehead atoms. The number of carboxylic acid groups (broad SMARTS) is 1. The molecule has 3 nitrogen and oxygen atoms in total. The van der Waals surface area contributed by atoms with Crippen molar-refractivity contribution < 1.29 is 14.6 Å². The van der Waals surface area contributed by atoms with Crippen molar-refractivity contribution in [2.24, 2.45) is 0 Å². The molecule has 2 aromatic rings. The maximum atomic E-state index is 10.5. The molecule has 0 fully saturated rings. The summed E-state index contributed by atoms with van der Waals surface area (Å²) in [5.41, 5.74) is 1.08. The Labute approximate surface area is 104 Å². The van der Waals surface area contributed by atoms with Crippen LogP contribution in [0.4, 0.5) is 0 Å². The lowest BCUT2D eigenvalue weighted by atomic mass is 10.0. The third-order valence-corrected chi connectivity index (χ3v) is 3.59. The lowest BCUT2D eigenvalue weighted by Gasteiger charge is -2.09. The molecular weight excluding hydrogens is 236 g/mol. The first kappa shape index (κ1) is 11.9. The zero-order valence-electron chi connectivity index (χ0n) is 9.60. The number of aliphatic carboxylic acids is 1. The second kappa shape index (κ2) is 5.19. The molecule has 0 radical (unpaired) electrons. The molecule has 1 aromatic carbocycles. The van der Waals surface area contributed by atoms with Gasteiger partial charge in [0.05, 0.1) is 7.11 Å². The predicted octanol–water partition coefficient (Wildman–Crippen LogP) is 3.32. The molecule has 4 heteroatoms. The monoisotopic (exact) mass is 250 g/mol. The average Bonchev–Trinajstić information content (AvgIpc) is 2.76. The van der Waals surface area contributed by atoms with Crippen molar-refractivity contribution in [1.29, 1.82) is 0 Å². The molecule has 17 heavy (non-hydrogen) atoms. The molecule has 0 unspecified atom stereocenters. The standard InChI is InChI=1S/C13H14O3S/c1-16-13-9(3-2-4-12(14)15)5-6-11-10(13)7-8-17-11/h5-8H,2-4H2,1H3,(H,14,15). The Morgan fingerprint density at radius 1 is 1.41 bits per heavy atom. The van der Waals surface area contributed by atoms with Gasteiger partial charge in [-0.25, -0.2) is 0 Å². The van der Waals surface area contributed by atoms with E-state index in [9.17, 15) is 4.79 Å². The Balaban J connectivity index is 2.23. The van der Waals surface area contributed by atoms with Crippen molar-refractivity contribution in [3.63, 3.8) is 0 Å². The van der Waals surface area contributed by atoms with Gasteiger partial charge in [0.2, 0.25) is 0 Å². The predicted molar refractivity (Wildman–Crippen MR) is 69.0 cm³/mol. The highest BCUT2D eigenvalue weighted by atomic mass is 32.1. The summed E-state index contributed by atoms with van der Waals surface area (Å²) < 4.78 is 6.63. The molecule has 1 aromatic heterocycles. The van der Waals surface area contributed by atoms with Gasteiger partial charge in [0.15, 0.2) is 0 Å². The molecule has 0 saturated carbocycles. The van der Waals surface area contributed by atoms with E-state index in [2.05, 4.69) is 6.07 Å². The molecule has 2 rings (SSSR count). The maximum Gasteiger partial charge on any atom is 0.303 e. The van der Waals surface area contributed by atoms with Gasteiger partial charge in [-0.15, -0.1) is 11.3 Å². The molecule has 1 heterocycles. The molecule has 0 aliphatic heterocycles. The summed E-state index contributed by atoms with van der Waals surface area (Å²) in [6, 6.07) is 6.14. The number of hydrogen-bond acceptors (Lipinski definition) is 3. The van der Waals surface area contributed by atoms with Gasteiger partial charge < -0.3 is 9.84 Å². The van der Waals surface area contributed by atoms with Crippen molar-refractivity contribution in [3.05, 3.63) is 29.1 Å². The van der Waals surface area contributed by atoms with Crippen molar-refractivity contribution in [3.8, 4) is 5.75 Å². The van der Waals surface area contributed by atoms with E-state index < -0.39 is 5.97 Å². The average molecular weight is 250 g/mol. The zero-order chi connectivity index (χ0) is 12.3. The fraction of sp³-hybridized carbons (Fsp3) is 0.308. The van der Waals surface area contributed by atoms with Crippen LogP contribution in [-0.4, -0.2) is 18.2 Å². The second-order valence-electron chi connectivity index (χ2n) is 3.84. The summed E-state index contributed by atoms with van der Waals surface area (Å²) in [7, 11) is 1.66. The van der Waals surface area contributed by atoms with Crippen LogP contribution in [0.3, 0.4) is 0 Å². The third-order valence-electron chi connectivity index (χ3n) is 2.71. The van der Waals surface area contributed by atoms with Gasteiger partial charge in [0, 0.05) is 16.5 Å². The van der Waals surface area contributed by atoms with Crippen LogP contribution in [0.1, 0.15) is 18.4 Å². The minimum atomic E-state index is -0.749. The molecule has 0 atom stereocenters. The van der Waals surface area contributed by atoms with Crippen molar-refractivity contribution in [2.45, 2.75) is 19.3 Å². The molecule has 1 N–H and O–H groups in total. The highest BCUT2D eigenvalue weighted by molar-refractivity contribution is 7.17. The summed E-state index contributed by atoms with van der Waals surface area (Å²) in [5.74, 6) is 0.134. The normalized spacial score (nSPS) is 10.6. The Hall–Kier alpha value is -1.55. The summed E-state index contributed by atoms with van der Waals surface area (Å²) in [4.78, 5) is 10.5. The first-order valence-corrected chi connectivity index (χ1v) is 6.35. The van der Waals surface area contributed by atoms with Gasteiger partial charge in [-0.3, -0.25) is 4.79 Å². The van der Waals surface area contributed by atoms with Crippen LogP contribution < -0.4 is 4.74 Å². The van der Waals surface area contributed by atoms with Crippen LogP contribution in [0.2, 0.25) is 0 Å². The molecule has 0 aliphatic rings. The molecular formula is C13H14O3S. The first-order valence-electron chi connectivity index (χ1n) is 5.47. The minimum absolute atomic E-state index is 0.199. The van der Waals surface area contributed by atoms with Crippen LogP contribution >= 0.6 is 11.3 Å². The number of rotatable bonds is 5. The quantitative estimate of drug-likeness (QED) is 0.885. The Kier molecular flexibility index (Phi) is 3.64. The molecule has 0 amide bonds. The fourth-order valence-corrected chi connectivity index (χ4v) is 2.72. The number of carboxylic acids is 1. The van der Waals surface area contributed by atoms with Gasteiger partial charge in [0.25, 0.3) is 0 Å². The SMILES string of the molecule is COc1c(CCCC(=O)O)ccc2sccc12. The van der Waals surface area contributed by atoms with Crippen molar-refractivity contribution in [1.82, 2.24) is 0 Å². The number of aryl methyl sites for hydroxylation is 1. The maximum absolute atomic E-state index is 10.5. The fourth-order valence-electron chi connectivity index (χ4n) is 1.93. The van der Waals surface area contributed by atoms with Crippen LogP contribution in [0.5, 0.6) is 5.75 Å². The molecule has 0 saturated heterocycles. The van der Waals surface area contributed by atoms with Crippen molar-refractivity contribution in [2.75, 3.05) is 7.11 Å². The summed E-state index contributed by atoms with van der Waals surface area (Å²) in [6.07, 6.45) is 1.58. The third kappa shape index (κ3) is 2.58. The second-order valence-corrected chi connectivity index (χ2v) is 4.79. The first-order chi connectivity index (χ1) is 8.22. The summed E-state index contributed by atoms with van der Waals surface area (Å²) >= 11 is 1.68. The van der Waals surface area contributed by atoms with Crippen LogP contribution in [-0.2, 0) is 11.2 Å². The highest BCUT2D eigenvalue weighted by Crippen LogP contribution is 2.33. The number of thiophene rings is 1. The van der Waals surface area contributed by atoms with E-state index in [0.717, 1.165) is 23.1 Å². The van der Waals surface area contributed by atoms with Gasteiger partial charge in [-0.2, -0.15) is 0 Å². The van der Waals surface area contributed by atoms with E-state index >= 15 is 0 Å².